The van der Waals surface area contributed by atoms with Crippen molar-refractivity contribution < 1.29 is 9.53 Å². The third-order valence-corrected chi connectivity index (χ3v) is 3.29. The van der Waals surface area contributed by atoms with Gasteiger partial charge in [-0.15, -0.1) is 0 Å². The number of hydrogen-bond donors (Lipinski definition) is 1. The van der Waals surface area contributed by atoms with E-state index < -0.39 is 0 Å². The molecule has 2 N–H and O–H groups in total. The lowest BCUT2D eigenvalue weighted by molar-refractivity contribution is 0.152. The van der Waals surface area contributed by atoms with Crippen molar-refractivity contribution in [2.45, 2.75) is 20.0 Å². The van der Waals surface area contributed by atoms with Crippen molar-refractivity contribution in [2.24, 2.45) is 5.73 Å². The predicted octanol–water partition coefficient (Wildman–Crippen LogP) is 3.17. The molecular weight excluding hydrogens is 264 g/mol. The van der Waals surface area contributed by atoms with E-state index in [9.17, 15) is 4.79 Å². The molecule has 0 spiro atoms. The second-order valence-corrected chi connectivity index (χ2v) is 4.67. The summed E-state index contributed by atoms with van der Waals surface area (Å²) >= 11 is 0. The van der Waals surface area contributed by atoms with Crippen LogP contribution < -0.4 is 10.5 Å². The zero-order valence-electron chi connectivity index (χ0n) is 12.2. The zero-order chi connectivity index (χ0) is 15.1. The van der Waals surface area contributed by atoms with Crippen molar-refractivity contribution >= 4 is 6.09 Å². The summed E-state index contributed by atoms with van der Waals surface area (Å²) in [6.45, 7) is 3.46. The van der Waals surface area contributed by atoms with Crippen LogP contribution in [0.3, 0.4) is 0 Å². The van der Waals surface area contributed by atoms with Crippen LogP contribution in [0.15, 0.2) is 54.6 Å². The fourth-order valence-corrected chi connectivity index (χ4v) is 2.08. The summed E-state index contributed by atoms with van der Waals surface area (Å²) in [4.78, 5) is 13.9. The number of carbonyl (C=O) groups is 1. The van der Waals surface area contributed by atoms with Crippen LogP contribution in [0.5, 0.6) is 5.75 Å². The second-order valence-electron chi connectivity index (χ2n) is 4.67. The first-order valence-electron chi connectivity index (χ1n) is 7.03. The summed E-state index contributed by atoms with van der Waals surface area (Å²) in [5.41, 5.74) is 7.83. The molecule has 4 nitrogen and oxygen atoms in total. The lowest BCUT2D eigenvalue weighted by Crippen LogP contribution is -2.33. The van der Waals surface area contributed by atoms with E-state index in [-0.39, 0.29) is 6.09 Å². The summed E-state index contributed by atoms with van der Waals surface area (Å²) in [6.07, 6.45) is -0.351. The molecule has 0 heterocycles. The molecule has 2 aromatic rings. The molecule has 0 aliphatic heterocycles. The molecule has 0 unspecified atom stereocenters. The normalized spacial score (nSPS) is 10.2. The van der Waals surface area contributed by atoms with Crippen LogP contribution >= 0.6 is 0 Å². The van der Waals surface area contributed by atoms with Crippen LogP contribution in [0.4, 0.5) is 4.79 Å². The van der Waals surface area contributed by atoms with Gasteiger partial charge in [-0.2, -0.15) is 0 Å². The van der Waals surface area contributed by atoms with Crippen LogP contribution in [0.25, 0.3) is 0 Å². The number of nitrogens with two attached hydrogens (primary N) is 1. The van der Waals surface area contributed by atoms with Crippen molar-refractivity contribution in [3.05, 3.63) is 65.7 Å². The van der Waals surface area contributed by atoms with Gasteiger partial charge in [0.1, 0.15) is 5.75 Å². The van der Waals surface area contributed by atoms with Gasteiger partial charge in [-0.3, -0.25) is 0 Å². The smallest absolute Gasteiger partial charge is 0.410 e. The molecule has 0 fully saturated rings. The Labute approximate surface area is 125 Å². The maximum Gasteiger partial charge on any atom is 0.415 e. The monoisotopic (exact) mass is 284 g/mol. The Bertz CT molecular complexity index is 584. The van der Waals surface area contributed by atoms with E-state index in [1.165, 1.54) is 0 Å². The van der Waals surface area contributed by atoms with Gasteiger partial charge in [0, 0.05) is 19.6 Å². The summed E-state index contributed by atoms with van der Waals surface area (Å²) in [5, 5.41) is 0. The molecule has 21 heavy (non-hydrogen) atoms. The first kappa shape index (κ1) is 15.1. The van der Waals surface area contributed by atoms with Gasteiger partial charge in [0.05, 0.1) is 0 Å². The molecule has 0 atom stereocenters. The number of nitrogens with zero attached hydrogens (tertiary/aromatic N) is 1. The number of amides is 1. The molecule has 1 amide bonds. The van der Waals surface area contributed by atoms with E-state index in [1.807, 2.05) is 49.4 Å². The van der Waals surface area contributed by atoms with Crippen molar-refractivity contribution in [1.29, 1.82) is 0 Å². The van der Waals surface area contributed by atoms with Gasteiger partial charge < -0.3 is 15.4 Å². The molecule has 0 aromatic heterocycles. The number of ether oxygens (including phenoxy) is 1. The Balaban J connectivity index is 2.07. The predicted molar refractivity (Wildman–Crippen MR) is 82.9 cm³/mol. The third kappa shape index (κ3) is 4.07. The maximum absolute atomic E-state index is 12.2. The van der Waals surface area contributed by atoms with Crippen molar-refractivity contribution in [2.75, 3.05) is 6.54 Å². The van der Waals surface area contributed by atoms with E-state index in [0.29, 0.717) is 25.4 Å². The van der Waals surface area contributed by atoms with Crippen LogP contribution in [0.1, 0.15) is 18.1 Å². The number of benzene rings is 2. The Morgan fingerprint density at radius 2 is 1.67 bits per heavy atom. The Hall–Kier alpha value is -2.33. The van der Waals surface area contributed by atoms with E-state index in [4.69, 9.17) is 10.5 Å². The van der Waals surface area contributed by atoms with Gasteiger partial charge in [-0.1, -0.05) is 42.5 Å². The quantitative estimate of drug-likeness (QED) is 0.917. The maximum atomic E-state index is 12.2. The number of hydrogen-bond acceptors (Lipinski definition) is 3. The van der Waals surface area contributed by atoms with Gasteiger partial charge in [-0.05, 0) is 30.2 Å². The molecule has 0 saturated carbocycles. The standard InChI is InChI=1S/C17H20N2O2/c1-2-19(13-15-9-7-6-8-14(15)12-18)17(20)21-16-10-4-3-5-11-16/h3-11H,2,12-13,18H2,1H3. The highest BCUT2D eigenvalue weighted by molar-refractivity contribution is 5.70. The van der Waals surface area contributed by atoms with Gasteiger partial charge in [0.25, 0.3) is 0 Å². The molecule has 0 aliphatic carbocycles. The molecule has 4 heteroatoms. The first-order valence-corrected chi connectivity index (χ1v) is 7.03. The Kier molecular flexibility index (Phi) is 5.35. The van der Waals surface area contributed by atoms with Gasteiger partial charge >= 0.3 is 6.09 Å². The molecule has 0 aliphatic rings. The summed E-state index contributed by atoms with van der Waals surface area (Å²) in [6, 6.07) is 16.9. The van der Waals surface area contributed by atoms with Crippen LogP contribution in [-0.2, 0) is 13.1 Å². The fraction of sp³-hybridized carbons (Fsp3) is 0.235. The van der Waals surface area contributed by atoms with Gasteiger partial charge in [0.15, 0.2) is 0 Å². The molecule has 0 saturated heterocycles. The Morgan fingerprint density at radius 1 is 1.05 bits per heavy atom. The Morgan fingerprint density at radius 3 is 2.29 bits per heavy atom. The molecule has 110 valence electrons. The molecule has 0 bridgehead atoms. The minimum Gasteiger partial charge on any atom is -0.410 e. The number of carbonyl (C=O) groups excluding carboxylic acids is 1. The van der Waals surface area contributed by atoms with Crippen molar-refractivity contribution in [3.63, 3.8) is 0 Å². The van der Waals surface area contributed by atoms with E-state index >= 15 is 0 Å². The summed E-state index contributed by atoms with van der Waals surface area (Å²) < 4.78 is 5.37. The SMILES string of the molecule is CCN(Cc1ccccc1CN)C(=O)Oc1ccccc1. The largest absolute Gasteiger partial charge is 0.415 e. The number of rotatable bonds is 5. The van der Waals surface area contributed by atoms with E-state index in [1.54, 1.807) is 17.0 Å². The molecule has 0 radical (unpaired) electrons. The van der Waals surface area contributed by atoms with Crippen LogP contribution in [0, 0.1) is 0 Å². The van der Waals surface area contributed by atoms with E-state index in [2.05, 4.69) is 0 Å². The van der Waals surface area contributed by atoms with Gasteiger partial charge in [0.2, 0.25) is 0 Å². The minimum atomic E-state index is -0.351. The van der Waals surface area contributed by atoms with Crippen LogP contribution in [-0.4, -0.2) is 17.5 Å². The molecule has 2 aromatic carbocycles. The highest BCUT2D eigenvalue weighted by Crippen LogP contribution is 2.14. The highest BCUT2D eigenvalue weighted by atomic mass is 16.6. The second kappa shape index (κ2) is 7.45. The fourth-order valence-electron chi connectivity index (χ4n) is 2.08. The average Bonchev–Trinajstić information content (AvgIpc) is 2.53. The first-order chi connectivity index (χ1) is 10.2. The zero-order valence-corrected chi connectivity index (χ0v) is 12.2. The van der Waals surface area contributed by atoms with E-state index in [0.717, 1.165) is 11.1 Å². The number of para-hydroxylation sites is 1. The lowest BCUT2D eigenvalue weighted by atomic mass is 10.1. The molecule has 2 rings (SSSR count). The topological polar surface area (TPSA) is 55.6 Å². The third-order valence-electron chi connectivity index (χ3n) is 3.29. The van der Waals surface area contributed by atoms with Crippen molar-refractivity contribution in [3.8, 4) is 5.75 Å². The van der Waals surface area contributed by atoms with Crippen molar-refractivity contribution in [1.82, 2.24) is 4.90 Å². The molecular formula is C17H20N2O2. The highest BCUT2D eigenvalue weighted by Gasteiger charge is 2.15. The summed E-state index contributed by atoms with van der Waals surface area (Å²) in [7, 11) is 0. The average molecular weight is 284 g/mol. The van der Waals surface area contributed by atoms with Crippen LogP contribution in [0.2, 0.25) is 0 Å². The lowest BCUT2D eigenvalue weighted by Gasteiger charge is -2.21. The summed E-state index contributed by atoms with van der Waals surface area (Å²) in [5.74, 6) is 0.549. The van der Waals surface area contributed by atoms with Gasteiger partial charge in [-0.25, -0.2) is 4.79 Å². The minimum absolute atomic E-state index is 0.351.